The SMILES string of the molecule is C=c1c2ccc3[n+]1CCC(CC)(C1=C(C=2)C1)c1ccc2c(c1-3)c1ccccc1n2-c1ccccc1. The summed E-state index contributed by atoms with van der Waals surface area (Å²) >= 11 is 0. The number of para-hydroxylation sites is 2. The summed E-state index contributed by atoms with van der Waals surface area (Å²) in [7, 11) is 0. The standard InChI is InChI=1S/C33H27N2/c1-3-33-17-18-34-21(2)22(19-23-20-27(23)33)13-15-29(34)32-26(33)14-16-30-31(32)25-11-7-8-12-28(25)35(30)24-9-5-4-6-10-24/h4-16,19H,2-3,17-18,20H2,1H3/q+1. The van der Waals surface area contributed by atoms with Crippen LogP contribution in [0.3, 0.4) is 0 Å². The molecule has 0 N–H and O–H groups in total. The first-order valence-corrected chi connectivity index (χ1v) is 12.8. The van der Waals surface area contributed by atoms with Crippen LogP contribution >= 0.6 is 0 Å². The van der Waals surface area contributed by atoms with E-state index in [1.165, 1.54) is 55.1 Å². The molecular weight excluding hydrogens is 424 g/mol. The second kappa shape index (κ2) is 6.60. The molecule has 1 unspecified atom stereocenters. The molecule has 3 bridgehead atoms. The number of hydrogen-bond donors (Lipinski definition) is 0. The Kier molecular flexibility index (Phi) is 3.66. The van der Waals surface area contributed by atoms with Gasteiger partial charge in [-0.15, -0.1) is 0 Å². The fourth-order valence-corrected chi connectivity index (χ4v) is 7.12. The molecule has 8 rings (SSSR count). The van der Waals surface area contributed by atoms with E-state index in [1.54, 1.807) is 5.57 Å². The molecule has 0 saturated carbocycles. The van der Waals surface area contributed by atoms with Gasteiger partial charge in [-0.3, -0.25) is 0 Å². The lowest BCUT2D eigenvalue weighted by molar-refractivity contribution is -0.699. The van der Waals surface area contributed by atoms with Crippen LogP contribution in [0.2, 0.25) is 0 Å². The third-order valence-electron chi connectivity index (χ3n) is 8.90. The van der Waals surface area contributed by atoms with Crippen LogP contribution in [0.4, 0.5) is 0 Å². The number of benzene rings is 3. The summed E-state index contributed by atoms with van der Waals surface area (Å²) in [6.07, 6.45) is 5.80. The quantitative estimate of drug-likeness (QED) is 0.305. The maximum atomic E-state index is 4.59. The molecule has 5 aromatic rings. The van der Waals surface area contributed by atoms with E-state index < -0.39 is 0 Å². The first-order chi connectivity index (χ1) is 17.2. The largest absolute Gasteiger partial charge is 0.309 e. The summed E-state index contributed by atoms with van der Waals surface area (Å²) in [6, 6.07) is 29.2. The lowest BCUT2D eigenvalue weighted by Gasteiger charge is -2.31. The summed E-state index contributed by atoms with van der Waals surface area (Å²) in [5, 5.41) is 5.11. The third kappa shape index (κ3) is 2.37. The summed E-state index contributed by atoms with van der Waals surface area (Å²) in [5.41, 5.74) is 11.2. The molecule has 4 heterocycles. The molecule has 0 fully saturated rings. The van der Waals surface area contributed by atoms with E-state index >= 15 is 0 Å². The van der Waals surface area contributed by atoms with Crippen LogP contribution in [0.25, 0.3) is 51.4 Å². The van der Waals surface area contributed by atoms with Crippen molar-refractivity contribution in [2.75, 3.05) is 0 Å². The Labute approximate surface area is 204 Å². The Hall–Kier alpha value is -3.91. The van der Waals surface area contributed by atoms with Gasteiger partial charge in [0.2, 0.25) is 11.0 Å². The molecule has 0 saturated heterocycles. The van der Waals surface area contributed by atoms with Gasteiger partial charge in [-0.25, -0.2) is 0 Å². The summed E-state index contributed by atoms with van der Waals surface area (Å²) in [4.78, 5) is 0. The van der Waals surface area contributed by atoms with Crippen LogP contribution in [0.15, 0.2) is 90.0 Å². The fraction of sp³-hybridized carbons (Fsp3) is 0.182. The van der Waals surface area contributed by atoms with E-state index in [0.717, 1.165) is 31.2 Å². The Morgan fingerprint density at radius 2 is 1.74 bits per heavy atom. The zero-order valence-corrected chi connectivity index (χ0v) is 20.0. The van der Waals surface area contributed by atoms with Crippen molar-refractivity contribution in [2.45, 2.75) is 38.1 Å². The van der Waals surface area contributed by atoms with E-state index in [-0.39, 0.29) is 5.41 Å². The van der Waals surface area contributed by atoms with Crippen molar-refractivity contribution in [3.63, 3.8) is 0 Å². The van der Waals surface area contributed by atoms with Gasteiger partial charge in [-0.2, -0.15) is 4.57 Å². The maximum absolute atomic E-state index is 4.59. The Morgan fingerprint density at radius 3 is 2.60 bits per heavy atom. The predicted molar refractivity (Wildman–Crippen MR) is 144 cm³/mol. The monoisotopic (exact) mass is 451 g/mol. The molecule has 35 heavy (non-hydrogen) atoms. The van der Waals surface area contributed by atoms with E-state index in [4.69, 9.17) is 0 Å². The van der Waals surface area contributed by atoms with Crippen LogP contribution in [-0.2, 0) is 12.0 Å². The van der Waals surface area contributed by atoms with Crippen molar-refractivity contribution in [2.24, 2.45) is 0 Å². The molecule has 3 aliphatic rings. The lowest BCUT2D eigenvalue weighted by Crippen LogP contribution is -2.57. The second-order valence-corrected chi connectivity index (χ2v) is 10.4. The molecule has 1 atom stereocenters. The van der Waals surface area contributed by atoms with Gasteiger partial charge < -0.3 is 4.57 Å². The molecule has 2 aliphatic heterocycles. The van der Waals surface area contributed by atoms with Crippen molar-refractivity contribution in [3.8, 4) is 16.9 Å². The Morgan fingerprint density at radius 1 is 0.914 bits per heavy atom. The molecule has 168 valence electrons. The minimum atomic E-state index is 0.0895. The topological polar surface area (TPSA) is 8.81 Å². The van der Waals surface area contributed by atoms with E-state index in [0.29, 0.717) is 0 Å². The molecule has 0 radical (unpaired) electrons. The van der Waals surface area contributed by atoms with E-state index in [1.807, 2.05) is 0 Å². The number of rotatable bonds is 2. The zero-order valence-electron chi connectivity index (χ0n) is 20.0. The molecule has 2 nitrogen and oxygen atoms in total. The van der Waals surface area contributed by atoms with Gasteiger partial charge in [0.15, 0.2) is 6.54 Å². The first kappa shape index (κ1) is 19.4. The number of fused-ring (bicyclic) bond motifs is 11. The molecule has 1 aliphatic carbocycles. The van der Waals surface area contributed by atoms with E-state index in [2.05, 4.69) is 108 Å². The molecule has 0 amide bonds. The van der Waals surface area contributed by atoms with Gasteiger partial charge >= 0.3 is 0 Å². The fourth-order valence-electron chi connectivity index (χ4n) is 7.12. The highest BCUT2D eigenvalue weighted by atomic mass is 15.0. The van der Waals surface area contributed by atoms with E-state index in [9.17, 15) is 0 Å². The first-order valence-electron chi connectivity index (χ1n) is 12.8. The average molecular weight is 452 g/mol. The van der Waals surface area contributed by atoms with Crippen LogP contribution < -0.4 is 15.1 Å². The van der Waals surface area contributed by atoms with Gasteiger partial charge in [-0.1, -0.05) is 55.0 Å². The molecule has 2 aromatic heterocycles. The highest BCUT2D eigenvalue weighted by Gasteiger charge is 2.47. The number of hydrogen-bond acceptors (Lipinski definition) is 0. The van der Waals surface area contributed by atoms with Gasteiger partial charge in [0, 0.05) is 39.6 Å². The normalized spacial score (nSPS) is 19.7. The van der Waals surface area contributed by atoms with Gasteiger partial charge in [-0.05, 0) is 67.0 Å². The zero-order chi connectivity index (χ0) is 23.3. The highest BCUT2D eigenvalue weighted by Crippen LogP contribution is 2.56. The number of aromatic nitrogens is 2. The number of nitrogens with zero attached hydrogens (tertiary/aromatic N) is 2. The van der Waals surface area contributed by atoms with Gasteiger partial charge in [0.05, 0.1) is 16.6 Å². The minimum Gasteiger partial charge on any atom is -0.309 e. The summed E-state index contributed by atoms with van der Waals surface area (Å²) in [5.74, 6) is 0. The Bertz CT molecular complexity index is 1870. The van der Waals surface area contributed by atoms with Crippen molar-refractivity contribution < 1.29 is 4.57 Å². The maximum Gasteiger partial charge on any atom is 0.214 e. The molecule has 2 heteroatoms. The Balaban J connectivity index is 1.63. The third-order valence-corrected chi connectivity index (χ3v) is 8.90. The minimum absolute atomic E-state index is 0.0895. The van der Waals surface area contributed by atoms with Crippen LogP contribution in [-0.4, -0.2) is 4.57 Å². The van der Waals surface area contributed by atoms with Gasteiger partial charge in [0.1, 0.15) is 0 Å². The van der Waals surface area contributed by atoms with Crippen LogP contribution in [0.1, 0.15) is 31.7 Å². The van der Waals surface area contributed by atoms with Crippen molar-refractivity contribution in [1.82, 2.24) is 4.57 Å². The predicted octanol–water partition coefficient (Wildman–Crippen LogP) is 5.69. The van der Waals surface area contributed by atoms with Crippen LogP contribution in [0, 0.1) is 0 Å². The molecule has 0 spiro atoms. The van der Waals surface area contributed by atoms with Crippen molar-refractivity contribution in [3.05, 3.63) is 106 Å². The summed E-state index contributed by atoms with van der Waals surface area (Å²) in [6.45, 7) is 7.98. The smallest absolute Gasteiger partial charge is 0.214 e. The lowest BCUT2D eigenvalue weighted by atomic mass is 9.70. The molecule has 3 aromatic carbocycles. The number of allylic oxidation sites excluding steroid dienone is 2. The van der Waals surface area contributed by atoms with Gasteiger partial charge in [0.25, 0.3) is 0 Å². The number of pyridine rings is 1. The summed E-state index contributed by atoms with van der Waals surface area (Å²) < 4.78 is 4.94. The highest BCUT2D eigenvalue weighted by molar-refractivity contribution is 6.16. The van der Waals surface area contributed by atoms with Crippen molar-refractivity contribution in [1.29, 1.82) is 0 Å². The molecular formula is C33H27N2+. The van der Waals surface area contributed by atoms with Crippen molar-refractivity contribution >= 4 is 34.5 Å². The van der Waals surface area contributed by atoms with Crippen LogP contribution in [0.5, 0.6) is 0 Å². The second-order valence-electron chi connectivity index (χ2n) is 10.4. The average Bonchev–Trinajstić information content (AvgIpc) is 3.61.